The highest BCUT2D eigenvalue weighted by atomic mass is 79.9. The third-order valence-corrected chi connectivity index (χ3v) is 7.04. The molecular formula is C24H32BrN3O4S. The van der Waals surface area contributed by atoms with E-state index in [-0.39, 0.29) is 18.5 Å². The second-order valence-electron chi connectivity index (χ2n) is 8.48. The van der Waals surface area contributed by atoms with Crippen molar-refractivity contribution in [3.05, 3.63) is 63.6 Å². The van der Waals surface area contributed by atoms with E-state index in [2.05, 4.69) is 21.2 Å². The van der Waals surface area contributed by atoms with Crippen LogP contribution in [-0.4, -0.2) is 50.0 Å². The molecule has 0 unspecified atom stereocenters. The molecule has 0 saturated heterocycles. The van der Waals surface area contributed by atoms with E-state index in [4.69, 9.17) is 0 Å². The molecule has 0 aliphatic heterocycles. The van der Waals surface area contributed by atoms with Crippen LogP contribution in [0, 0.1) is 13.8 Å². The van der Waals surface area contributed by atoms with Crippen LogP contribution in [0.1, 0.15) is 37.5 Å². The van der Waals surface area contributed by atoms with Crippen molar-refractivity contribution < 1.29 is 18.0 Å². The van der Waals surface area contributed by atoms with E-state index in [9.17, 15) is 18.0 Å². The summed E-state index contributed by atoms with van der Waals surface area (Å²) in [6.45, 7) is 8.82. The number of anilines is 1. The predicted octanol–water partition coefficient (Wildman–Crippen LogP) is 3.77. The smallest absolute Gasteiger partial charge is 0.244 e. The fourth-order valence-electron chi connectivity index (χ4n) is 3.37. The molecule has 0 fully saturated rings. The average Bonchev–Trinajstić information content (AvgIpc) is 2.72. The van der Waals surface area contributed by atoms with Crippen LogP contribution >= 0.6 is 15.9 Å². The van der Waals surface area contributed by atoms with Crippen LogP contribution in [0.25, 0.3) is 0 Å². The quantitative estimate of drug-likeness (QED) is 0.527. The summed E-state index contributed by atoms with van der Waals surface area (Å²) >= 11 is 3.39. The minimum Gasteiger partial charge on any atom is -0.352 e. The van der Waals surface area contributed by atoms with Crippen molar-refractivity contribution in [2.75, 3.05) is 17.1 Å². The molecule has 2 amide bonds. The van der Waals surface area contributed by atoms with Crippen LogP contribution in [0.5, 0.6) is 0 Å². The highest BCUT2D eigenvalue weighted by Gasteiger charge is 2.30. The van der Waals surface area contributed by atoms with E-state index in [0.717, 1.165) is 31.7 Å². The van der Waals surface area contributed by atoms with Crippen molar-refractivity contribution in [2.24, 2.45) is 0 Å². The number of carbonyl (C=O) groups is 2. The standard InChI is InChI=1S/C24H32BrN3O4S/c1-16(2)26-24(30)19(5)27(14-20-10-12-21(25)13-11-20)23(29)15-28(33(6,31)32)22-9-7-8-17(3)18(22)4/h7-13,16,19H,14-15H2,1-6H3,(H,26,30)/t19-/m0/s1. The second kappa shape index (κ2) is 11.2. The van der Waals surface area contributed by atoms with Crippen LogP contribution < -0.4 is 9.62 Å². The minimum atomic E-state index is -3.75. The largest absolute Gasteiger partial charge is 0.352 e. The first-order valence-corrected chi connectivity index (χ1v) is 13.3. The Morgan fingerprint density at radius 2 is 1.64 bits per heavy atom. The first kappa shape index (κ1) is 26.9. The van der Waals surface area contributed by atoms with E-state index in [0.29, 0.717) is 5.69 Å². The van der Waals surface area contributed by atoms with Gasteiger partial charge in [-0.3, -0.25) is 13.9 Å². The summed E-state index contributed by atoms with van der Waals surface area (Å²) in [6, 6.07) is 11.9. The molecule has 0 radical (unpaired) electrons. The Balaban J connectivity index is 2.43. The summed E-state index contributed by atoms with van der Waals surface area (Å²) < 4.78 is 27.3. The molecule has 0 aromatic heterocycles. The van der Waals surface area contributed by atoms with Crippen molar-refractivity contribution in [1.82, 2.24) is 10.2 Å². The van der Waals surface area contributed by atoms with Crippen molar-refractivity contribution in [2.45, 2.75) is 53.2 Å². The van der Waals surface area contributed by atoms with Crippen molar-refractivity contribution in [3.8, 4) is 0 Å². The molecule has 0 heterocycles. The molecule has 1 atom stereocenters. The number of hydrogen-bond acceptors (Lipinski definition) is 4. The molecule has 0 bridgehead atoms. The monoisotopic (exact) mass is 537 g/mol. The topological polar surface area (TPSA) is 86.8 Å². The van der Waals surface area contributed by atoms with E-state index in [1.54, 1.807) is 19.1 Å². The van der Waals surface area contributed by atoms with Crippen LogP contribution in [0.2, 0.25) is 0 Å². The molecule has 2 aromatic rings. The van der Waals surface area contributed by atoms with Gasteiger partial charge in [0.25, 0.3) is 0 Å². The van der Waals surface area contributed by atoms with Gasteiger partial charge in [-0.05, 0) is 69.5 Å². The number of nitrogens with zero attached hydrogens (tertiary/aromatic N) is 2. The predicted molar refractivity (Wildman–Crippen MR) is 136 cm³/mol. The summed E-state index contributed by atoms with van der Waals surface area (Å²) in [5.74, 6) is -0.760. The Kier molecular flexibility index (Phi) is 9.08. The molecule has 180 valence electrons. The molecule has 2 aromatic carbocycles. The van der Waals surface area contributed by atoms with E-state index in [1.807, 2.05) is 58.0 Å². The van der Waals surface area contributed by atoms with Gasteiger partial charge in [-0.2, -0.15) is 0 Å². The molecule has 0 saturated carbocycles. The van der Waals surface area contributed by atoms with Crippen molar-refractivity contribution in [3.63, 3.8) is 0 Å². The zero-order chi connectivity index (χ0) is 24.9. The summed E-state index contributed by atoms with van der Waals surface area (Å²) in [5, 5.41) is 2.83. The number of amides is 2. The van der Waals surface area contributed by atoms with Crippen LogP contribution in [0.3, 0.4) is 0 Å². The Bertz CT molecular complexity index is 1100. The maximum Gasteiger partial charge on any atom is 0.244 e. The third kappa shape index (κ3) is 7.30. The van der Waals surface area contributed by atoms with Gasteiger partial charge in [0.1, 0.15) is 12.6 Å². The second-order valence-corrected chi connectivity index (χ2v) is 11.3. The zero-order valence-corrected chi connectivity index (χ0v) is 22.3. The number of halogens is 1. The number of sulfonamides is 1. The van der Waals surface area contributed by atoms with Gasteiger partial charge in [0.05, 0.1) is 11.9 Å². The van der Waals surface area contributed by atoms with Crippen LogP contribution in [0.4, 0.5) is 5.69 Å². The highest BCUT2D eigenvalue weighted by Crippen LogP contribution is 2.25. The van der Waals surface area contributed by atoms with E-state index in [1.165, 1.54) is 4.90 Å². The van der Waals surface area contributed by atoms with Gasteiger partial charge in [0.2, 0.25) is 21.8 Å². The van der Waals surface area contributed by atoms with Gasteiger partial charge in [0, 0.05) is 17.1 Å². The van der Waals surface area contributed by atoms with Gasteiger partial charge < -0.3 is 10.2 Å². The molecule has 0 aliphatic carbocycles. The van der Waals surface area contributed by atoms with E-state index >= 15 is 0 Å². The Hall–Kier alpha value is -2.39. The summed E-state index contributed by atoms with van der Waals surface area (Å²) in [7, 11) is -3.75. The molecule has 0 aliphatic rings. The van der Waals surface area contributed by atoms with Gasteiger partial charge in [0.15, 0.2) is 0 Å². The third-order valence-electron chi connectivity index (χ3n) is 5.39. The molecular weight excluding hydrogens is 506 g/mol. The Morgan fingerprint density at radius 3 is 2.18 bits per heavy atom. The summed E-state index contributed by atoms with van der Waals surface area (Å²) in [4.78, 5) is 27.7. The Labute approximate surface area is 205 Å². The first-order valence-electron chi connectivity index (χ1n) is 10.7. The molecule has 2 rings (SSSR count). The SMILES string of the molecule is Cc1cccc(N(CC(=O)N(Cc2ccc(Br)cc2)[C@@H](C)C(=O)NC(C)C)S(C)(=O)=O)c1C. The summed E-state index contributed by atoms with van der Waals surface area (Å²) in [6.07, 6.45) is 1.08. The van der Waals surface area contributed by atoms with Gasteiger partial charge >= 0.3 is 0 Å². The fourth-order valence-corrected chi connectivity index (χ4v) is 4.54. The number of benzene rings is 2. The first-order chi connectivity index (χ1) is 15.3. The number of aryl methyl sites for hydroxylation is 1. The van der Waals surface area contributed by atoms with Gasteiger partial charge in [-0.25, -0.2) is 8.42 Å². The summed E-state index contributed by atoms with van der Waals surface area (Å²) in [5.41, 5.74) is 2.98. The maximum absolute atomic E-state index is 13.5. The van der Waals surface area contributed by atoms with Crippen molar-refractivity contribution in [1.29, 1.82) is 0 Å². The maximum atomic E-state index is 13.5. The number of carbonyl (C=O) groups excluding carboxylic acids is 2. The normalized spacial score (nSPS) is 12.4. The number of nitrogens with one attached hydrogen (secondary N) is 1. The molecule has 1 N–H and O–H groups in total. The fraction of sp³-hybridized carbons (Fsp3) is 0.417. The molecule has 33 heavy (non-hydrogen) atoms. The highest BCUT2D eigenvalue weighted by molar-refractivity contribution is 9.10. The molecule has 9 heteroatoms. The molecule has 7 nitrogen and oxygen atoms in total. The molecule has 0 spiro atoms. The number of hydrogen-bond donors (Lipinski definition) is 1. The minimum absolute atomic E-state index is 0.0907. The zero-order valence-electron chi connectivity index (χ0n) is 19.9. The van der Waals surface area contributed by atoms with Crippen molar-refractivity contribution >= 4 is 43.5 Å². The number of rotatable bonds is 9. The van der Waals surface area contributed by atoms with Gasteiger partial charge in [-0.1, -0.05) is 40.2 Å². The van der Waals surface area contributed by atoms with Gasteiger partial charge in [-0.15, -0.1) is 0 Å². The van der Waals surface area contributed by atoms with Crippen LogP contribution in [0.15, 0.2) is 46.9 Å². The lowest BCUT2D eigenvalue weighted by molar-refractivity contribution is -0.139. The lowest BCUT2D eigenvalue weighted by Crippen LogP contribution is -2.52. The lowest BCUT2D eigenvalue weighted by Gasteiger charge is -2.32. The van der Waals surface area contributed by atoms with Crippen LogP contribution in [-0.2, 0) is 26.2 Å². The van der Waals surface area contributed by atoms with E-state index < -0.39 is 28.5 Å². The Morgan fingerprint density at radius 1 is 1.03 bits per heavy atom. The lowest BCUT2D eigenvalue weighted by atomic mass is 10.1. The average molecular weight is 539 g/mol.